The summed E-state index contributed by atoms with van der Waals surface area (Å²) >= 11 is 1.41. The normalized spacial score (nSPS) is 13.9. The van der Waals surface area contributed by atoms with Crippen molar-refractivity contribution in [2.75, 3.05) is 57.3 Å². The van der Waals surface area contributed by atoms with Gasteiger partial charge in [0.25, 0.3) is 5.91 Å². The van der Waals surface area contributed by atoms with Crippen LogP contribution in [0.2, 0.25) is 0 Å². The van der Waals surface area contributed by atoms with Gasteiger partial charge in [0.1, 0.15) is 17.0 Å². The van der Waals surface area contributed by atoms with Crippen LogP contribution in [0.4, 0.5) is 10.8 Å². The second-order valence-corrected chi connectivity index (χ2v) is 8.75. The van der Waals surface area contributed by atoms with Gasteiger partial charge in [-0.05, 0) is 31.2 Å². The van der Waals surface area contributed by atoms with Crippen LogP contribution in [0.1, 0.15) is 23.0 Å². The number of anilines is 2. The molecular formula is C23H27N5O5S. The van der Waals surface area contributed by atoms with E-state index in [9.17, 15) is 9.59 Å². The summed E-state index contributed by atoms with van der Waals surface area (Å²) in [6.07, 6.45) is 1.56. The van der Waals surface area contributed by atoms with Crippen molar-refractivity contribution in [1.82, 2.24) is 15.0 Å². The van der Waals surface area contributed by atoms with Gasteiger partial charge in [0, 0.05) is 24.8 Å². The Kier molecular flexibility index (Phi) is 7.68. The van der Waals surface area contributed by atoms with Gasteiger partial charge in [0.15, 0.2) is 5.13 Å². The second kappa shape index (κ2) is 10.9. The Morgan fingerprint density at radius 2 is 2.03 bits per heavy atom. The maximum Gasteiger partial charge on any atom is 0.257 e. The van der Waals surface area contributed by atoms with Crippen LogP contribution in [-0.2, 0) is 20.9 Å². The number of carbonyl (C=O) groups excluding carboxylic acids is 2. The van der Waals surface area contributed by atoms with E-state index in [0.29, 0.717) is 40.9 Å². The number of ketones is 1. The molecule has 1 amide bonds. The largest absolute Gasteiger partial charge is 0.494 e. The monoisotopic (exact) mass is 485 g/mol. The number of nitrogens with one attached hydrogen (secondary N) is 1. The van der Waals surface area contributed by atoms with Crippen LogP contribution >= 0.6 is 11.3 Å². The lowest BCUT2D eigenvalue weighted by Crippen LogP contribution is -2.36. The minimum Gasteiger partial charge on any atom is -0.494 e. The van der Waals surface area contributed by atoms with Crippen LogP contribution in [0.25, 0.3) is 10.2 Å². The van der Waals surface area contributed by atoms with Gasteiger partial charge in [-0.25, -0.2) is 4.98 Å². The van der Waals surface area contributed by atoms with Crippen molar-refractivity contribution in [2.45, 2.75) is 13.5 Å². The van der Waals surface area contributed by atoms with Gasteiger partial charge in [-0.2, -0.15) is 5.06 Å². The fraction of sp³-hybridized carbons (Fsp3) is 0.391. The molecule has 0 atom stereocenters. The number of morpholine rings is 1. The minimum absolute atomic E-state index is 0.0292. The van der Waals surface area contributed by atoms with E-state index in [1.807, 2.05) is 12.1 Å². The van der Waals surface area contributed by atoms with E-state index in [1.165, 1.54) is 30.4 Å². The van der Waals surface area contributed by atoms with E-state index < -0.39 is 0 Å². The Morgan fingerprint density at radius 1 is 1.24 bits per heavy atom. The van der Waals surface area contributed by atoms with Gasteiger partial charge in [-0.1, -0.05) is 11.3 Å². The molecule has 1 saturated heterocycles. The third-order valence-corrected chi connectivity index (χ3v) is 6.35. The number of ether oxygens (including phenoxy) is 2. The standard InChI is InChI=1S/C23H27N5O5S/c1-15(29)13-28(32-3)14-17-12-16(6-7-24-17)22(30)26-23-25-20-19(31-2)5-4-18(21(20)34-23)27-8-10-33-11-9-27/h4-7,12H,8-11,13-14H2,1-3H3,(H,25,26,30). The van der Waals surface area contributed by atoms with Crippen molar-refractivity contribution < 1.29 is 23.9 Å². The molecule has 0 unspecified atom stereocenters. The van der Waals surface area contributed by atoms with Crippen LogP contribution in [0.15, 0.2) is 30.5 Å². The quantitative estimate of drug-likeness (QED) is 0.458. The van der Waals surface area contributed by atoms with Crippen molar-refractivity contribution in [3.05, 3.63) is 41.7 Å². The molecule has 34 heavy (non-hydrogen) atoms. The molecule has 0 radical (unpaired) electrons. The van der Waals surface area contributed by atoms with Crippen LogP contribution in [0, 0.1) is 0 Å². The fourth-order valence-corrected chi connectivity index (χ4v) is 4.75. The molecule has 0 saturated carbocycles. The first-order chi connectivity index (χ1) is 16.5. The molecule has 1 aliphatic heterocycles. The lowest BCUT2D eigenvalue weighted by Gasteiger charge is -2.29. The maximum atomic E-state index is 13.0. The number of amides is 1. The van der Waals surface area contributed by atoms with E-state index in [0.717, 1.165) is 23.5 Å². The van der Waals surface area contributed by atoms with Crippen LogP contribution in [0.5, 0.6) is 5.75 Å². The number of hydroxylamine groups is 2. The Bertz CT molecular complexity index is 1180. The summed E-state index contributed by atoms with van der Waals surface area (Å²) in [5.41, 5.74) is 2.80. The van der Waals surface area contributed by atoms with Crippen molar-refractivity contribution in [2.24, 2.45) is 0 Å². The molecule has 1 N–H and O–H groups in total. The first kappa shape index (κ1) is 24.0. The Labute approximate surface area is 201 Å². The molecular weight excluding hydrogens is 458 g/mol. The van der Waals surface area contributed by atoms with Crippen molar-refractivity contribution in [1.29, 1.82) is 0 Å². The van der Waals surface area contributed by atoms with Crippen LogP contribution < -0.4 is 15.0 Å². The number of thiazole rings is 1. The molecule has 1 fully saturated rings. The van der Waals surface area contributed by atoms with Gasteiger partial charge >= 0.3 is 0 Å². The lowest BCUT2D eigenvalue weighted by atomic mass is 10.2. The number of benzene rings is 1. The minimum atomic E-state index is -0.301. The maximum absolute atomic E-state index is 13.0. The molecule has 4 rings (SSSR count). The van der Waals surface area contributed by atoms with Crippen molar-refractivity contribution in [3.8, 4) is 5.75 Å². The summed E-state index contributed by atoms with van der Waals surface area (Å²) in [4.78, 5) is 40.8. The van der Waals surface area contributed by atoms with Gasteiger partial charge < -0.3 is 19.2 Å². The topological polar surface area (TPSA) is 106 Å². The number of fused-ring (bicyclic) bond motifs is 1. The van der Waals surface area contributed by atoms with Crippen LogP contribution in [0.3, 0.4) is 0 Å². The number of nitrogens with zero attached hydrogens (tertiary/aromatic N) is 4. The zero-order chi connectivity index (χ0) is 24.1. The Balaban J connectivity index is 1.55. The number of hydrogen-bond donors (Lipinski definition) is 1. The van der Waals surface area contributed by atoms with Gasteiger partial charge in [-0.3, -0.25) is 19.9 Å². The van der Waals surface area contributed by atoms with Gasteiger partial charge in [0.2, 0.25) is 0 Å². The number of pyridine rings is 1. The van der Waals surface area contributed by atoms with Gasteiger partial charge in [0.05, 0.1) is 56.6 Å². The molecule has 10 nitrogen and oxygen atoms in total. The molecule has 1 aliphatic rings. The summed E-state index contributed by atoms with van der Waals surface area (Å²) in [7, 11) is 3.10. The SMILES string of the molecule is COc1ccc(N2CCOCC2)c2sc(NC(=O)c3ccnc(CN(CC(C)=O)OC)c3)nc12. The molecule has 180 valence electrons. The van der Waals surface area contributed by atoms with E-state index in [-0.39, 0.29) is 24.8 Å². The smallest absolute Gasteiger partial charge is 0.257 e. The number of Topliss-reactive ketones (excluding diaryl/α,β-unsaturated/α-hetero) is 1. The highest BCUT2D eigenvalue weighted by Gasteiger charge is 2.20. The molecule has 2 aromatic heterocycles. The number of rotatable bonds is 9. The lowest BCUT2D eigenvalue weighted by molar-refractivity contribution is -0.153. The molecule has 0 spiro atoms. The number of methoxy groups -OCH3 is 1. The van der Waals surface area contributed by atoms with E-state index in [2.05, 4.69) is 20.2 Å². The Hall–Kier alpha value is -3.12. The fourth-order valence-electron chi connectivity index (χ4n) is 3.73. The number of carbonyl (C=O) groups is 2. The third kappa shape index (κ3) is 5.50. The van der Waals surface area contributed by atoms with E-state index in [4.69, 9.17) is 14.3 Å². The summed E-state index contributed by atoms with van der Waals surface area (Å²) in [6.45, 7) is 4.83. The molecule has 1 aromatic carbocycles. The highest BCUT2D eigenvalue weighted by molar-refractivity contribution is 7.23. The zero-order valence-corrected chi connectivity index (χ0v) is 20.2. The molecule has 0 aliphatic carbocycles. The summed E-state index contributed by atoms with van der Waals surface area (Å²) < 4.78 is 11.9. The third-order valence-electron chi connectivity index (χ3n) is 5.35. The highest BCUT2D eigenvalue weighted by Crippen LogP contribution is 2.39. The summed E-state index contributed by atoms with van der Waals surface area (Å²) in [5, 5.41) is 4.86. The average molecular weight is 486 g/mol. The molecule has 0 bridgehead atoms. The predicted molar refractivity (Wildman–Crippen MR) is 129 cm³/mol. The second-order valence-electron chi connectivity index (χ2n) is 7.76. The zero-order valence-electron chi connectivity index (χ0n) is 19.4. The molecule has 3 aromatic rings. The van der Waals surface area contributed by atoms with Gasteiger partial charge in [-0.15, -0.1) is 0 Å². The average Bonchev–Trinajstić information content (AvgIpc) is 3.27. The van der Waals surface area contributed by atoms with Crippen molar-refractivity contribution >= 4 is 44.1 Å². The Morgan fingerprint density at radius 3 is 2.74 bits per heavy atom. The van der Waals surface area contributed by atoms with E-state index in [1.54, 1.807) is 25.4 Å². The molecule has 11 heteroatoms. The number of aromatic nitrogens is 2. The van der Waals surface area contributed by atoms with E-state index >= 15 is 0 Å². The first-order valence-electron chi connectivity index (χ1n) is 10.8. The summed E-state index contributed by atoms with van der Waals surface area (Å²) in [5.74, 6) is 0.323. The number of hydrogen-bond acceptors (Lipinski definition) is 10. The van der Waals surface area contributed by atoms with Crippen LogP contribution in [-0.4, -0.2) is 73.8 Å². The molecule has 3 heterocycles. The predicted octanol–water partition coefficient (Wildman–Crippen LogP) is 2.74. The first-order valence-corrected chi connectivity index (χ1v) is 11.6. The van der Waals surface area contributed by atoms with Crippen molar-refractivity contribution in [3.63, 3.8) is 0 Å². The highest BCUT2D eigenvalue weighted by atomic mass is 32.1. The summed E-state index contributed by atoms with van der Waals surface area (Å²) in [6, 6.07) is 7.23.